The van der Waals surface area contributed by atoms with Crippen molar-refractivity contribution in [1.29, 1.82) is 0 Å². The maximum atomic E-state index is 12.7. The SMILES string of the molecule is COc1ccc(S(=O)(=O)Nc2ccc(SC3CCN(C)CC3)cc2)c([N+](=O)[O-])c1. The number of thioether (sulfide) groups is 1. The Balaban J connectivity index is 1.73. The van der Waals surface area contributed by atoms with Gasteiger partial charge in [0.25, 0.3) is 15.7 Å². The summed E-state index contributed by atoms with van der Waals surface area (Å²) in [6.07, 6.45) is 2.24. The fourth-order valence-corrected chi connectivity index (χ4v) is 5.44. The third kappa shape index (κ3) is 5.40. The lowest BCUT2D eigenvalue weighted by Crippen LogP contribution is -2.31. The van der Waals surface area contributed by atoms with Gasteiger partial charge in [0.1, 0.15) is 5.75 Å². The van der Waals surface area contributed by atoms with Crippen LogP contribution in [0.1, 0.15) is 12.8 Å². The third-order valence-corrected chi connectivity index (χ3v) is 7.50. The molecule has 0 amide bonds. The topological polar surface area (TPSA) is 102 Å². The van der Waals surface area contributed by atoms with E-state index in [2.05, 4.69) is 16.7 Å². The summed E-state index contributed by atoms with van der Waals surface area (Å²) in [4.78, 5) is 13.5. The van der Waals surface area contributed by atoms with Crippen molar-refractivity contribution in [2.45, 2.75) is 27.9 Å². The second kappa shape index (κ2) is 9.02. The summed E-state index contributed by atoms with van der Waals surface area (Å²) in [5.74, 6) is 0.214. The summed E-state index contributed by atoms with van der Waals surface area (Å²) >= 11 is 1.79. The Hall–Kier alpha value is -2.30. The second-order valence-electron chi connectivity index (χ2n) is 6.84. The number of anilines is 1. The third-order valence-electron chi connectivity index (χ3n) is 4.73. The Labute approximate surface area is 174 Å². The van der Waals surface area contributed by atoms with Crippen LogP contribution in [0.3, 0.4) is 0 Å². The number of nitro benzene ring substituents is 1. The molecule has 1 aliphatic rings. The molecule has 3 rings (SSSR count). The lowest BCUT2D eigenvalue weighted by molar-refractivity contribution is -0.387. The van der Waals surface area contributed by atoms with E-state index in [1.165, 1.54) is 19.2 Å². The molecule has 1 saturated heterocycles. The van der Waals surface area contributed by atoms with Gasteiger partial charge in [-0.3, -0.25) is 14.8 Å². The second-order valence-corrected chi connectivity index (χ2v) is 9.87. The number of piperidine rings is 1. The standard InChI is InChI=1S/C19H23N3O5S2/c1-21-11-9-17(10-12-21)28-16-6-3-14(4-7-16)20-29(25,26)19-8-5-15(27-2)13-18(19)22(23)24/h3-8,13,17,20H,9-12H2,1-2H3. The van der Waals surface area contributed by atoms with Gasteiger partial charge in [-0.25, -0.2) is 8.42 Å². The number of methoxy groups -OCH3 is 1. The minimum absolute atomic E-state index is 0.214. The van der Waals surface area contributed by atoms with Crippen LogP contribution < -0.4 is 9.46 Å². The van der Waals surface area contributed by atoms with Crippen LogP contribution in [0.25, 0.3) is 0 Å². The van der Waals surface area contributed by atoms with Crippen molar-refractivity contribution in [1.82, 2.24) is 4.90 Å². The summed E-state index contributed by atoms with van der Waals surface area (Å²) in [7, 11) is -0.642. The van der Waals surface area contributed by atoms with E-state index in [9.17, 15) is 18.5 Å². The fraction of sp³-hybridized carbons (Fsp3) is 0.368. The van der Waals surface area contributed by atoms with E-state index in [4.69, 9.17) is 4.74 Å². The van der Waals surface area contributed by atoms with Crippen molar-refractivity contribution in [3.05, 3.63) is 52.6 Å². The molecule has 0 unspecified atom stereocenters. The quantitative estimate of drug-likeness (QED) is 0.522. The first-order chi connectivity index (χ1) is 13.8. The highest BCUT2D eigenvalue weighted by atomic mass is 32.2. The summed E-state index contributed by atoms with van der Waals surface area (Å²) in [5.41, 5.74) is -0.186. The van der Waals surface area contributed by atoms with E-state index < -0.39 is 25.5 Å². The van der Waals surface area contributed by atoms with Crippen molar-refractivity contribution < 1.29 is 18.1 Å². The molecule has 1 aliphatic heterocycles. The molecule has 0 aliphatic carbocycles. The van der Waals surface area contributed by atoms with Crippen LogP contribution in [0.5, 0.6) is 5.75 Å². The zero-order valence-electron chi connectivity index (χ0n) is 16.2. The molecule has 0 radical (unpaired) electrons. The van der Waals surface area contributed by atoms with Gasteiger partial charge < -0.3 is 9.64 Å². The van der Waals surface area contributed by atoms with E-state index in [0.717, 1.165) is 36.9 Å². The molecule has 1 N–H and O–H groups in total. The van der Waals surface area contributed by atoms with Gasteiger partial charge in [0.2, 0.25) is 0 Å². The molecule has 0 aromatic heterocycles. The summed E-state index contributed by atoms with van der Waals surface area (Å²) in [5, 5.41) is 11.8. The molecular formula is C19H23N3O5S2. The van der Waals surface area contributed by atoms with Crippen LogP contribution in [0.15, 0.2) is 52.3 Å². The maximum Gasteiger partial charge on any atom is 0.293 e. The van der Waals surface area contributed by atoms with Gasteiger partial charge in [-0.15, -0.1) is 11.8 Å². The molecule has 2 aromatic rings. The number of hydrogen-bond donors (Lipinski definition) is 1. The Bertz CT molecular complexity index is 972. The lowest BCUT2D eigenvalue weighted by atomic mass is 10.1. The zero-order chi connectivity index (χ0) is 21.0. The Morgan fingerprint density at radius 2 is 1.83 bits per heavy atom. The van der Waals surface area contributed by atoms with E-state index >= 15 is 0 Å². The Morgan fingerprint density at radius 1 is 1.17 bits per heavy atom. The van der Waals surface area contributed by atoms with Gasteiger partial charge in [-0.2, -0.15) is 0 Å². The molecule has 29 heavy (non-hydrogen) atoms. The maximum absolute atomic E-state index is 12.7. The predicted octanol–water partition coefficient (Wildman–Crippen LogP) is 3.59. The number of sulfonamides is 1. The van der Waals surface area contributed by atoms with Gasteiger partial charge in [0.05, 0.1) is 18.1 Å². The van der Waals surface area contributed by atoms with Crippen molar-refractivity contribution in [3.8, 4) is 5.75 Å². The summed E-state index contributed by atoms with van der Waals surface area (Å²) in [6.45, 7) is 2.16. The predicted molar refractivity (Wildman–Crippen MR) is 113 cm³/mol. The number of hydrogen-bond acceptors (Lipinski definition) is 7. The number of rotatable bonds is 7. The number of likely N-dealkylation sites (tertiary alicyclic amines) is 1. The van der Waals surface area contributed by atoms with Crippen LogP contribution in [-0.4, -0.2) is 50.7 Å². The Morgan fingerprint density at radius 3 is 2.41 bits per heavy atom. The summed E-state index contributed by atoms with van der Waals surface area (Å²) < 4.78 is 32.7. The molecule has 1 fully saturated rings. The lowest BCUT2D eigenvalue weighted by Gasteiger charge is -2.28. The molecule has 8 nitrogen and oxygen atoms in total. The van der Waals surface area contributed by atoms with Crippen molar-refractivity contribution in [3.63, 3.8) is 0 Å². The number of nitrogens with one attached hydrogen (secondary N) is 1. The normalized spacial score (nSPS) is 15.8. The van der Waals surface area contributed by atoms with Gasteiger partial charge in [-0.05, 0) is 69.4 Å². The molecule has 156 valence electrons. The number of benzene rings is 2. The smallest absolute Gasteiger partial charge is 0.293 e. The number of ether oxygens (including phenoxy) is 1. The van der Waals surface area contributed by atoms with Crippen molar-refractivity contribution >= 4 is 33.2 Å². The summed E-state index contributed by atoms with van der Waals surface area (Å²) in [6, 6.07) is 10.7. The number of nitro groups is 1. The zero-order valence-corrected chi connectivity index (χ0v) is 17.8. The van der Waals surface area contributed by atoms with Gasteiger partial charge >= 0.3 is 0 Å². The van der Waals surface area contributed by atoms with E-state index in [1.807, 2.05) is 12.1 Å². The van der Waals surface area contributed by atoms with Gasteiger partial charge in [-0.1, -0.05) is 0 Å². The molecule has 2 aromatic carbocycles. The first-order valence-corrected chi connectivity index (χ1v) is 11.5. The highest BCUT2D eigenvalue weighted by Crippen LogP contribution is 2.32. The molecule has 0 atom stereocenters. The monoisotopic (exact) mass is 437 g/mol. The molecule has 10 heteroatoms. The molecule has 0 saturated carbocycles. The van der Waals surface area contributed by atoms with Crippen LogP contribution >= 0.6 is 11.8 Å². The van der Waals surface area contributed by atoms with E-state index in [1.54, 1.807) is 23.9 Å². The largest absolute Gasteiger partial charge is 0.497 e. The van der Waals surface area contributed by atoms with Crippen LogP contribution in [0.4, 0.5) is 11.4 Å². The van der Waals surface area contributed by atoms with Gasteiger partial charge in [0, 0.05) is 15.8 Å². The van der Waals surface area contributed by atoms with Crippen molar-refractivity contribution in [2.75, 3.05) is 32.0 Å². The molecule has 0 spiro atoms. The average molecular weight is 438 g/mol. The highest BCUT2D eigenvalue weighted by Gasteiger charge is 2.26. The molecule has 1 heterocycles. The fourth-order valence-electron chi connectivity index (χ4n) is 3.10. The minimum Gasteiger partial charge on any atom is -0.497 e. The van der Waals surface area contributed by atoms with Crippen LogP contribution in [0, 0.1) is 10.1 Å². The van der Waals surface area contributed by atoms with Crippen LogP contribution in [0.2, 0.25) is 0 Å². The highest BCUT2D eigenvalue weighted by molar-refractivity contribution is 8.00. The van der Waals surface area contributed by atoms with Gasteiger partial charge in [0.15, 0.2) is 4.90 Å². The Kier molecular flexibility index (Phi) is 6.66. The first-order valence-electron chi connectivity index (χ1n) is 9.09. The average Bonchev–Trinajstić information content (AvgIpc) is 2.70. The molecular weight excluding hydrogens is 414 g/mol. The first kappa shape index (κ1) is 21.4. The van der Waals surface area contributed by atoms with Crippen molar-refractivity contribution in [2.24, 2.45) is 0 Å². The van der Waals surface area contributed by atoms with Crippen LogP contribution in [-0.2, 0) is 10.0 Å². The number of nitrogens with zero attached hydrogens (tertiary/aromatic N) is 2. The minimum atomic E-state index is -4.12. The molecule has 0 bridgehead atoms. The van der Waals surface area contributed by atoms with E-state index in [0.29, 0.717) is 10.9 Å². The van der Waals surface area contributed by atoms with E-state index in [-0.39, 0.29) is 5.75 Å².